The van der Waals surface area contributed by atoms with Gasteiger partial charge in [0.1, 0.15) is 5.76 Å². The number of benzene rings is 1. The van der Waals surface area contributed by atoms with Crippen LogP contribution in [0.3, 0.4) is 0 Å². The average molecular weight is 309 g/mol. The summed E-state index contributed by atoms with van der Waals surface area (Å²) in [6, 6.07) is 6.67. The third-order valence-electron chi connectivity index (χ3n) is 2.98. The van der Waals surface area contributed by atoms with Crippen molar-refractivity contribution in [3.8, 4) is 0 Å². The van der Waals surface area contributed by atoms with Gasteiger partial charge in [0, 0.05) is 6.54 Å². The Hall–Kier alpha value is -1.70. The smallest absolute Gasteiger partial charge is 0.216 e. The highest BCUT2D eigenvalue weighted by Crippen LogP contribution is 2.15. The standard InChI is InChI=1S/C14H19N3O3S/c1-10-8-16-14(20-10)11(2)17-21(18,19)9-13-5-3-12(7-15)4-6-13/h3-6,8,11,17H,7,9,15H2,1-2H3. The molecule has 0 bridgehead atoms. The summed E-state index contributed by atoms with van der Waals surface area (Å²) in [6.45, 7) is 3.89. The lowest BCUT2D eigenvalue weighted by Crippen LogP contribution is -2.28. The van der Waals surface area contributed by atoms with Gasteiger partial charge < -0.3 is 10.2 Å². The van der Waals surface area contributed by atoms with E-state index in [0.29, 0.717) is 23.8 Å². The van der Waals surface area contributed by atoms with Crippen LogP contribution in [0, 0.1) is 6.92 Å². The van der Waals surface area contributed by atoms with E-state index < -0.39 is 16.1 Å². The normalized spacial score (nSPS) is 13.3. The molecular weight excluding hydrogens is 290 g/mol. The number of nitrogens with one attached hydrogen (secondary N) is 1. The molecule has 0 aliphatic rings. The summed E-state index contributed by atoms with van der Waals surface area (Å²) in [7, 11) is -3.47. The summed E-state index contributed by atoms with van der Waals surface area (Å²) in [5.41, 5.74) is 7.18. The van der Waals surface area contributed by atoms with Gasteiger partial charge in [-0.3, -0.25) is 0 Å². The number of sulfonamides is 1. The fraction of sp³-hybridized carbons (Fsp3) is 0.357. The van der Waals surface area contributed by atoms with Gasteiger partial charge in [0.15, 0.2) is 0 Å². The van der Waals surface area contributed by atoms with Gasteiger partial charge in [-0.05, 0) is 25.0 Å². The number of aryl methyl sites for hydroxylation is 1. The van der Waals surface area contributed by atoms with E-state index in [1.807, 2.05) is 12.1 Å². The maximum atomic E-state index is 12.1. The lowest BCUT2D eigenvalue weighted by atomic mass is 10.1. The zero-order chi connectivity index (χ0) is 15.5. The number of nitrogens with two attached hydrogens (primary N) is 1. The highest BCUT2D eigenvalue weighted by Gasteiger charge is 2.19. The molecule has 3 N–H and O–H groups in total. The summed E-state index contributed by atoms with van der Waals surface area (Å²) >= 11 is 0. The van der Waals surface area contributed by atoms with Crippen molar-refractivity contribution in [1.82, 2.24) is 9.71 Å². The van der Waals surface area contributed by atoms with Crippen LogP contribution in [0.1, 0.15) is 35.7 Å². The Balaban J connectivity index is 2.04. The van der Waals surface area contributed by atoms with E-state index in [2.05, 4.69) is 9.71 Å². The number of oxazole rings is 1. The van der Waals surface area contributed by atoms with E-state index in [9.17, 15) is 8.42 Å². The molecule has 0 aliphatic carbocycles. The maximum absolute atomic E-state index is 12.1. The van der Waals surface area contributed by atoms with E-state index in [0.717, 1.165) is 5.56 Å². The molecule has 0 amide bonds. The molecule has 1 heterocycles. The Kier molecular flexibility index (Phi) is 4.76. The average Bonchev–Trinajstić information content (AvgIpc) is 2.85. The van der Waals surface area contributed by atoms with Gasteiger partial charge in [-0.15, -0.1) is 0 Å². The predicted molar refractivity (Wildman–Crippen MR) is 79.7 cm³/mol. The number of nitrogens with zero attached hydrogens (tertiary/aromatic N) is 1. The zero-order valence-corrected chi connectivity index (χ0v) is 12.9. The second-order valence-corrected chi connectivity index (χ2v) is 6.68. The quantitative estimate of drug-likeness (QED) is 0.845. The largest absolute Gasteiger partial charge is 0.444 e. The first-order chi connectivity index (χ1) is 9.89. The number of hydrogen-bond donors (Lipinski definition) is 2. The van der Waals surface area contributed by atoms with Crippen LogP contribution in [0.25, 0.3) is 0 Å². The molecule has 6 nitrogen and oxygen atoms in total. The molecule has 0 aliphatic heterocycles. The van der Waals surface area contributed by atoms with Crippen molar-refractivity contribution < 1.29 is 12.8 Å². The fourth-order valence-corrected chi connectivity index (χ4v) is 3.28. The van der Waals surface area contributed by atoms with E-state index in [4.69, 9.17) is 10.2 Å². The highest BCUT2D eigenvalue weighted by molar-refractivity contribution is 7.88. The third-order valence-corrected chi connectivity index (χ3v) is 4.41. The Morgan fingerprint density at radius 1 is 1.29 bits per heavy atom. The van der Waals surface area contributed by atoms with E-state index in [-0.39, 0.29) is 5.75 Å². The topological polar surface area (TPSA) is 98.2 Å². The first-order valence-electron chi connectivity index (χ1n) is 6.60. The molecule has 0 saturated heterocycles. The molecule has 2 aromatic rings. The van der Waals surface area contributed by atoms with Crippen LogP contribution < -0.4 is 10.5 Å². The van der Waals surface area contributed by atoms with Crippen LogP contribution >= 0.6 is 0 Å². The molecule has 2 rings (SSSR count). The maximum Gasteiger partial charge on any atom is 0.216 e. The fourth-order valence-electron chi connectivity index (χ4n) is 1.92. The first kappa shape index (κ1) is 15.7. The van der Waals surface area contributed by atoms with Gasteiger partial charge in [-0.25, -0.2) is 18.1 Å². The van der Waals surface area contributed by atoms with Gasteiger partial charge in [0.05, 0.1) is 18.0 Å². The zero-order valence-electron chi connectivity index (χ0n) is 12.0. The van der Waals surface area contributed by atoms with Crippen molar-refractivity contribution in [2.45, 2.75) is 32.2 Å². The minimum absolute atomic E-state index is 0.0954. The lowest BCUT2D eigenvalue weighted by molar-refractivity contribution is 0.427. The summed E-state index contributed by atoms with van der Waals surface area (Å²) in [5, 5.41) is 0. The van der Waals surface area contributed by atoms with Crippen molar-refractivity contribution in [2.75, 3.05) is 0 Å². The molecule has 21 heavy (non-hydrogen) atoms. The van der Waals surface area contributed by atoms with E-state index in [1.54, 1.807) is 32.2 Å². The minimum atomic E-state index is -3.47. The van der Waals surface area contributed by atoms with Gasteiger partial charge in [0.25, 0.3) is 0 Å². The number of rotatable bonds is 6. The molecule has 1 aromatic heterocycles. The molecule has 0 saturated carbocycles. The second kappa shape index (κ2) is 6.38. The summed E-state index contributed by atoms with van der Waals surface area (Å²) < 4.78 is 32.2. The Bertz CT molecular complexity index is 693. The van der Waals surface area contributed by atoms with E-state index in [1.165, 1.54) is 0 Å². The van der Waals surface area contributed by atoms with Crippen LogP contribution in [0.5, 0.6) is 0 Å². The van der Waals surface area contributed by atoms with Crippen molar-refractivity contribution in [1.29, 1.82) is 0 Å². The molecule has 7 heteroatoms. The van der Waals surface area contributed by atoms with Gasteiger partial charge >= 0.3 is 0 Å². The van der Waals surface area contributed by atoms with Crippen LogP contribution in [-0.2, 0) is 22.3 Å². The molecule has 0 spiro atoms. The van der Waals surface area contributed by atoms with Crippen molar-refractivity contribution in [2.24, 2.45) is 5.73 Å². The highest BCUT2D eigenvalue weighted by atomic mass is 32.2. The van der Waals surface area contributed by atoms with Gasteiger partial charge in [-0.2, -0.15) is 0 Å². The molecule has 1 aromatic carbocycles. The Morgan fingerprint density at radius 2 is 1.90 bits per heavy atom. The third kappa shape index (κ3) is 4.38. The Morgan fingerprint density at radius 3 is 2.43 bits per heavy atom. The van der Waals surface area contributed by atoms with Crippen LogP contribution in [0.15, 0.2) is 34.9 Å². The summed E-state index contributed by atoms with van der Waals surface area (Å²) in [6.07, 6.45) is 1.56. The SMILES string of the molecule is Cc1cnc(C(C)NS(=O)(=O)Cc2ccc(CN)cc2)o1. The summed E-state index contributed by atoms with van der Waals surface area (Å²) in [5.74, 6) is 0.907. The van der Waals surface area contributed by atoms with E-state index >= 15 is 0 Å². The van der Waals surface area contributed by atoms with Crippen LogP contribution in [0.4, 0.5) is 0 Å². The van der Waals surface area contributed by atoms with Gasteiger partial charge in [0.2, 0.25) is 15.9 Å². The molecule has 1 unspecified atom stereocenters. The van der Waals surface area contributed by atoms with Crippen molar-refractivity contribution in [3.63, 3.8) is 0 Å². The first-order valence-corrected chi connectivity index (χ1v) is 8.25. The molecular formula is C14H19N3O3S. The number of aromatic nitrogens is 1. The predicted octanol–water partition coefficient (Wildman–Crippen LogP) is 1.62. The molecule has 0 radical (unpaired) electrons. The van der Waals surface area contributed by atoms with Crippen LogP contribution in [-0.4, -0.2) is 13.4 Å². The Labute approximate surface area is 124 Å². The summed E-state index contributed by atoms with van der Waals surface area (Å²) in [4.78, 5) is 4.02. The van der Waals surface area contributed by atoms with Gasteiger partial charge in [-0.1, -0.05) is 24.3 Å². The second-order valence-electron chi connectivity index (χ2n) is 4.93. The molecule has 1 atom stereocenters. The van der Waals surface area contributed by atoms with Crippen molar-refractivity contribution >= 4 is 10.0 Å². The monoisotopic (exact) mass is 309 g/mol. The van der Waals surface area contributed by atoms with Crippen molar-refractivity contribution in [3.05, 3.63) is 53.2 Å². The minimum Gasteiger partial charge on any atom is -0.444 e. The number of hydrogen-bond acceptors (Lipinski definition) is 5. The van der Waals surface area contributed by atoms with Crippen LogP contribution in [0.2, 0.25) is 0 Å². The molecule has 0 fully saturated rings. The molecule has 114 valence electrons. The lowest BCUT2D eigenvalue weighted by Gasteiger charge is -2.11.